The van der Waals surface area contributed by atoms with Gasteiger partial charge in [0.1, 0.15) is 5.54 Å². The lowest BCUT2D eigenvalue weighted by atomic mass is 9.98. The lowest BCUT2D eigenvalue weighted by molar-refractivity contribution is -0.150. The summed E-state index contributed by atoms with van der Waals surface area (Å²) < 4.78 is 5.19. The van der Waals surface area contributed by atoms with Gasteiger partial charge in [0.2, 0.25) is 0 Å². The van der Waals surface area contributed by atoms with Gasteiger partial charge < -0.3 is 10.5 Å². The minimum Gasteiger partial charge on any atom is -0.464 e. The first-order valence-electron chi connectivity index (χ1n) is 5.90. The second kappa shape index (κ2) is 4.97. The summed E-state index contributed by atoms with van der Waals surface area (Å²) in [6, 6.07) is 0. The van der Waals surface area contributed by atoms with E-state index in [1.165, 1.54) is 0 Å². The van der Waals surface area contributed by atoms with Crippen molar-refractivity contribution in [2.24, 2.45) is 17.6 Å². The van der Waals surface area contributed by atoms with E-state index in [2.05, 4.69) is 13.8 Å². The molecule has 15 heavy (non-hydrogen) atoms. The molecule has 1 rings (SSSR count). The Morgan fingerprint density at radius 1 is 1.53 bits per heavy atom. The molecular formula is C12H23NO2. The summed E-state index contributed by atoms with van der Waals surface area (Å²) in [6.45, 7) is 6.63. The van der Waals surface area contributed by atoms with Gasteiger partial charge in [0, 0.05) is 0 Å². The van der Waals surface area contributed by atoms with Crippen LogP contribution in [0.1, 0.15) is 46.5 Å². The van der Waals surface area contributed by atoms with Gasteiger partial charge in [-0.2, -0.15) is 0 Å². The van der Waals surface area contributed by atoms with Gasteiger partial charge in [-0.05, 0) is 44.4 Å². The summed E-state index contributed by atoms with van der Waals surface area (Å²) in [7, 11) is 0. The summed E-state index contributed by atoms with van der Waals surface area (Å²) in [6.07, 6.45) is 4.16. The van der Waals surface area contributed by atoms with E-state index in [9.17, 15) is 4.79 Å². The van der Waals surface area contributed by atoms with E-state index in [1.54, 1.807) is 6.92 Å². The molecular weight excluding hydrogens is 190 g/mol. The van der Waals surface area contributed by atoms with E-state index in [4.69, 9.17) is 10.5 Å². The quantitative estimate of drug-likeness (QED) is 0.543. The highest BCUT2D eigenvalue weighted by Gasteiger charge is 2.45. The van der Waals surface area contributed by atoms with Gasteiger partial charge in [-0.1, -0.05) is 13.8 Å². The smallest absolute Gasteiger partial charge is 0.326 e. The Labute approximate surface area is 92.4 Å². The Balaban J connectivity index is 2.18. The molecule has 1 saturated carbocycles. The van der Waals surface area contributed by atoms with Gasteiger partial charge in [-0.15, -0.1) is 0 Å². The van der Waals surface area contributed by atoms with Crippen molar-refractivity contribution in [1.82, 2.24) is 0 Å². The number of nitrogens with two attached hydrogens (primary N) is 1. The fourth-order valence-corrected chi connectivity index (χ4v) is 1.66. The maximum atomic E-state index is 11.6. The standard InChI is InChI=1S/C12H23NO2/c1-9(2)5-4-8-15-11(14)12(3,13)10-6-7-10/h9-10H,4-8,13H2,1-3H3. The zero-order chi connectivity index (χ0) is 11.5. The summed E-state index contributed by atoms with van der Waals surface area (Å²) in [5, 5.41) is 0. The number of esters is 1. The first-order valence-corrected chi connectivity index (χ1v) is 5.90. The fraction of sp³-hybridized carbons (Fsp3) is 0.917. The molecule has 1 fully saturated rings. The third-order valence-corrected chi connectivity index (χ3v) is 3.02. The number of carbonyl (C=O) groups excluding carboxylic acids is 1. The van der Waals surface area contributed by atoms with Crippen LogP contribution >= 0.6 is 0 Å². The molecule has 0 heterocycles. The minimum atomic E-state index is -0.752. The molecule has 3 nitrogen and oxygen atoms in total. The van der Waals surface area contributed by atoms with Crippen LogP contribution in [0.15, 0.2) is 0 Å². The SMILES string of the molecule is CC(C)CCCOC(=O)C(C)(N)C1CC1. The maximum Gasteiger partial charge on any atom is 0.326 e. The average molecular weight is 213 g/mol. The van der Waals surface area contributed by atoms with Crippen LogP contribution < -0.4 is 5.73 Å². The molecule has 0 amide bonds. The van der Waals surface area contributed by atoms with Crippen LogP contribution in [-0.2, 0) is 9.53 Å². The second-order valence-electron chi connectivity index (χ2n) is 5.23. The Morgan fingerprint density at radius 3 is 2.60 bits per heavy atom. The van der Waals surface area contributed by atoms with E-state index < -0.39 is 5.54 Å². The maximum absolute atomic E-state index is 11.6. The monoisotopic (exact) mass is 213 g/mol. The molecule has 0 aromatic rings. The highest BCUT2D eigenvalue weighted by molar-refractivity contribution is 5.80. The van der Waals surface area contributed by atoms with Crippen molar-refractivity contribution in [3.05, 3.63) is 0 Å². The number of hydrogen-bond donors (Lipinski definition) is 1. The van der Waals surface area contributed by atoms with E-state index in [0.29, 0.717) is 18.4 Å². The summed E-state index contributed by atoms with van der Waals surface area (Å²) >= 11 is 0. The number of hydrogen-bond acceptors (Lipinski definition) is 3. The Kier molecular flexibility index (Phi) is 4.14. The molecule has 1 atom stereocenters. The molecule has 2 N–H and O–H groups in total. The van der Waals surface area contributed by atoms with Gasteiger partial charge in [0.15, 0.2) is 0 Å². The second-order valence-corrected chi connectivity index (χ2v) is 5.23. The van der Waals surface area contributed by atoms with E-state index in [1.807, 2.05) is 0 Å². The van der Waals surface area contributed by atoms with Crippen molar-refractivity contribution in [1.29, 1.82) is 0 Å². The number of rotatable bonds is 6. The topological polar surface area (TPSA) is 52.3 Å². The van der Waals surface area contributed by atoms with Crippen LogP contribution in [0, 0.1) is 11.8 Å². The van der Waals surface area contributed by atoms with Gasteiger partial charge in [0.25, 0.3) is 0 Å². The molecule has 1 unspecified atom stereocenters. The van der Waals surface area contributed by atoms with Crippen molar-refractivity contribution in [2.75, 3.05) is 6.61 Å². The molecule has 0 aromatic carbocycles. The average Bonchev–Trinajstić information content (AvgIpc) is 2.94. The summed E-state index contributed by atoms with van der Waals surface area (Å²) in [4.78, 5) is 11.6. The lowest BCUT2D eigenvalue weighted by Crippen LogP contribution is -2.48. The molecule has 0 aliphatic heterocycles. The van der Waals surface area contributed by atoms with Crippen LogP contribution in [0.5, 0.6) is 0 Å². The molecule has 1 aliphatic rings. The van der Waals surface area contributed by atoms with Crippen molar-refractivity contribution in [2.45, 2.75) is 52.0 Å². The van der Waals surface area contributed by atoms with E-state index >= 15 is 0 Å². The normalized spacial score (nSPS) is 20.1. The van der Waals surface area contributed by atoms with Gasteiger partial charge in [0.05, 0.1) is 6.61 Å². The van der Waals surface area contributed by atoms with Gasteiger partial charge in [-0.25, -0.2) is 0 Å². The first-order chi connectivity index (χ1) is 6.94. The van der Waals surface area contributed by atoms with Crippen LogP contribution in [-0.4, -0.2) is 18.1 Å². The summed E-state index contributed by atoms with van der Waals surface area (Å²) in [5.74, 6) is 0.778. The van der Waals surface area contributed by atoms with Crippen molar-refractivity contribution in [3.63, 3.8) is 0 Å². The highest BCUT2D eigenvalue weighted by Crippen LogP contribution is 2.38. The molecule has 0 aromatic heterocycles. The zero-order valence-corrected chi connectivity index (χ0v) is 10.1. The first kappa shape index (κ1) is 12.5. The number of ether oxygens (including phenoxy) is 1. The van der Waals surface area contributed by atoms with E-state index in [-0.39, 0.29) is 5.97 Å². The molecule has 88 valence electrons. The Morgan fingerprint density at radius 2 is 2.13 bits per heavy atom. The summed E-state index contributed by atoms with van der Waals surface area (Å²) in [5.41, 5.74) is 5.18. The predicted octanol–water partition coefficient (Wildman–Crippen LogP) is 2.09. The van der Waals surface area contributed by atoms with Crippen LogP contribution in [0.3, 0.4) is 0 Å². The molecule has 0 spiro atoms. The van der Waals surface area contributed by atoms with Gasteiger partial charge >= 0.3 is 5.97 Å². The molecule has 1 aliphatic carbocycles. The van der Waals surface area contributed by atoms with E-state index in [0.717, 1.165) is 25.7 Å². The largest absolute Gasteiger partial charge is 0.464 e. The zero-order valence-electron chi connectivity index (χ0n) is 10.1. The van der Waals surface area contributed by atoms with Crippen LogP contribution in [0.25, 0.3) is 0 Å². The predicted molar refractivity (Wildman–Crippen MR) is 60.3 cm³/mol. The van der Waals surface area contributed by atoms with Gasteiger partial charge in [-0.3, -0.25) is 4.79 Å². The molecule has 0 bridgehead atoms. The van der Waals surface area contributed by atoms with Crippen LogP contribution in [0.4, 0.5) is 0 Å². The van der Waals surface area contributed by atoms with Crippen molar-refractivity contribution in [3.8, 4) is 0 Å². The van der Waals surface area contributed by atoms with Crippen molar-refractivity contribution < 1.29 is 9.53 Å². The molecule has 3 heteroatoms. The Bertz CT molecular complexity index is 220. The highest BCUT2D eigenvalue weighted by atomic mass is 16.5. The van der Waals surface area contributed by atoms with Crippen LogP contribution in [0.2, 0.25) is 0 Å². The number of carbonyl (C=O) groups is 1. The third kappa shape index (κ3) is 3.82. The Hall–Kier alpha value is -0.570. The third-order valence-electron chi connectivity index (χ3n) is 3.02. The minimum absolute atomic E-state index is 0.228. The molecule has 0 radical (unpaired) electrons. The molecule has 0 saturated heterocycles. The lowest BCUT2D eigenvalue weighted by Gasteiger charge is -2.22. The van der Waals surface area contributed by atoms with Crippen molar-refractivity contribution >= 4 is 5.97 Å². The fourth-order valence-electron chi connectivity index (χ4n) is 1.66.